The van der Waals surface area contributed by atoms with Gasteiger partial charge in [-0.15, -0.1) is 0 Å². The molecule has 29 heavy (non-hydrogen) atoms. The molecule has 0 unspecified atom stereocenters. The molecule has 6 nitrogen and oxygen atoms in total. The Kier molecular flexibility index (Phi) is 8.52. The number of aromatic nitrogens is 2. The molecule has 0 atom stereocenters. The third-order valence-electron chi connectivity index (χ3n) is 4.88. The Bertz CT molecular complexity index is 996. The van der Waals surface area contributed by atoms with Crippen molar-refractivity contribution >= 4 is 16.5 Å². The minimum atomic E-state index is -0.424. The van der Waals surface area contributed by atoms with Crippen molar-refractivity contribution in [2.75, 3.05) is 0 Å². The van der Waals surface area contributed by atoms with Crippen LogP contribution in [0.2, 0.25) is 0 Å². The zero-order chi connectivity index (χ0) is 21.2. The number of aromatic amines is 1. The van der Waals surface area contributed by atoms with Gasteiger partial charge in [-0.25, -0.2) is 5.10 Å². The van der Waals surface area contributed by atoms with Gasteiger partial charge in [0.05, 0.1) is 16.0 Å². The van der Waals surface area contributed by atoms with Gasteiger partial charge in [-0.05, 0) is 13.0 Å². The molecule has 1 fully saturated rings. The zero-order valence-corrected chi connectivity index (χ0v) is 17.4. The Labute approximate surface area is 171 Å². The van der Waals surface area contributed by atoms with Crippen LogP contribution in [0.1, 0.15) is 57.9 Å². The predicted molar refractivity (Wildman–Crippen MR) is 118 cm³/mol. The smallest absolute Gasteiger partial charge is 0.267 e. The lowest BCUT2D eigenvalue weighted by molar-refractivity contribution is -0.385. The number of hydrogen-bond donors (Lipinski definition) is 1. The van der Waals surface area contributed by atoms with Crippen LogP contribution in [0.4, 0.5) is 5.69 Å². The molecule has 0 bridgehead atoms. The molecule has 3 aromatic rings. The van der Waals surface area contributed by atoms with Gasteiger partial charge in [-0.1, -0.05) is 82.7 Å². The number of aryl methyl sites for hydroxylation is 1. The maximum absolute atomic E-state index is 11.8. The second kappa shape index (κ2) is 11.1. The summed E-state index contributed by atoms with van der Waals surface area (Å²) in [5.74, 6) is 0. The van der Waals surface area contributed by atoms with E-state index in [1.807, 2.05) is 13.8 Å². The van der Waals surface area contributed by atoms with Crippen molar-refractivity contribution in [3.63, 3.8) is 0 Å². The molecule has 0 aliphatic heterocycles. The van der Waals surface area contributed by atoms with Crippen LogP contribution in [0.25, 0.3) is 22.0 Å². The number of fused-ring (bicyclic) bond motifs is 1. The van der Waals surface area contributed by atoms with Crippen LogP contribution in [0.3, 0.4) is 0 Å². The largest absolute Gasteiger partial charge is 0.272 e. The van der Waals surface area contributed by atoms with Crippen LogP contribution < -0.4 is 5.56 Å². The van der Waals surface area contributed by atoms with Gasteiger partial charge in [0.15, 0.2) is 0 Å². The van der Waals surface area contributed by atoms with Crippen LogP contribution >= 0.6 is 0 Å². The van der Waals surface area contributed by atoms with Crippen LogP contribution in [0, 0.1) is 17.0 Å². The molecule has 1 aliphatic rings. The number of nitro groups is 1. The lowest BCUT2D eigenvalue weighted by atomic mass is 10.0. The molecule has 0 saturated heterocycles. The fraction of sp³-hybridized carbons (Fsp3) is 0.391. The van der Waals surface area contributed by atoms with Gasteiger partial charge >= 0.3 is 0 Å². The zero-order valence-electron chi connectivity index (χ0n) is 17.4. The molecular formula is C23H29N3O3. The van der Waals surface area contributed by atoms with E-state index in [1.165, 1.54) is 44.6 Å². The standard InChI is InChI=1S/C15H11N3O3.C6H12.C2H6/c1-9-6-7-10(8-13(9)18(20)21)14-11-4-2-3-5-12(11)15(19)17-16-14;1-2-4-6-5-3-1;1-2/h2-8H,1H3,(H,17,19);1-6H2;1-2H3. The third kappa shape index (κ3) is 5.73. The van der Waals surface area contributed by atoms with E-state index in [0.717, 1.165) is 0 Å². The van der Waals surface area contributed by atoms with Gasteiger partial charge in [0.2, 0.25) is 0 Å². The number of rotatable bonds is 2. The monoisotopic (exact) mass is 395 g/mol. The van der Waals surface area contributed by atoms with Gasteiger partial charge in [0.25, 0.3) is 11.2 Å². The number of benzene rings is 2. The minimum Gasteiger partial charge on any atom is -0.267 e. The molecule has 0 spiro atoms. The average Bonchev–Trinajstić information content (AvgIpc) is 2.78. The summed E-state index contributed by atoms with van der Waals surface area (Å²) >= 11 is 0. The molecule has 0 amide bonds. The molecule has 1 heterocycles. The molecule has 154 valence electrons. The Morgan fingerprint density at radius 3 is 2.03 bits per heavy atom. The van der Waals surface area contributed by atoms with Gasteiger partial charge in [-0.2, -0.15) is 5.10 Å². The fourth-order valence-electron chi connectivity index (χ4n) is 3.35. The molecule has 0 radical (unpaired) electrons. The van der Waals surface area contributed by atoms with Crippen molar-refractivity contribution < 1.29 is 4.92 Å². The molecule has 2 aromatic carbocycles. The highest BCUT2D eigenvalue weighted by Gasteiger charge is 2.15. The summed E-state index contributed by atoms with van der Waals surface area (Å²) in [6.07, 6.45) is 9.00. The summed E-state index contributed by atoms with van der Waals surface area (Å²) in [7, 11) is 0. The van der Waals surface area contributed by atoms with E-state index in [0.29, 0.717) is 27.6 Å². The van der Waals surface area contributed by atoms with Gasteiger partial charge in [-0.3, -0.25) is 14.9 Å². The normalized spacial score (nSPS) is 12.9. The van der Waals surface area contributed by atoms with Crippen molar-refractivity contribution in [2.45, 2.75) is 59.3 Å². The maximum atomic E-state index is 11.8. The highest BCUT2D eigenvalue weighted by atomic mass is 16.6. The molecule has 1 saturated carbocycles. The van der Waals surface area contributed by atoms with E-state index >= 15 is 0 Å². The van der Waals surface area contributed by atoms with Crippen molar-refractivity contribution in [1.29, 1.82) is 0 Å². The Balaban J connectivity index is 0.000000317. The van der Waals surface area contributed by atoms with E-state index in [9.17, 15) is 14.9 Å². The van der Waals surface area contributed by atoms with E-state index in [4.69, 9.17) is 0 Å². The van der Waals surface area contributed by atoms with Gasteiger partial charge in [0.1, 0.15) is 0 Å². The number of nitro benzene ring substituents is 1. The van der Waals surface area contributed by atoms with E-state index in [2.05, 4.69) is 10.2 Å². The minimum absolute atomic E-state index is 0.0320. The first-order valence-electron chi connectivity index (χ1n) is 10.3. The predicted octanol–water partition coefficient (Wildman–Crippen LogP) is 6.17. The molecule has 1 N–H and O–H groups in total. The summed E-state index contributed by atoms with van der Waals surface area (Å²) in [6.45, 7) is 5.68. The van der Waals surface area contributed by atoms with E-state index < -0.39 is 4.92 Å². The Morgan fingerprint density at radius 2 is 1.48 bits per heavy atom. The lowest BCUT2D eigenvalue weighted by Gasteiger charge is -2.06. The second-order valence-corrected chi connectivity index (χ2v) is 6.83. The Morgan fingerprint density at radius 1 is 0.931 bits per heavy atom. The number of nitrogens with one attached hydrogen (secondary N) is 1. The fourth-order valence-corrected chi connectivity index (χ4v) is 3.35. The summed E-state index contributed by atoms with van der Waals surface area (Å²) in [5, 5.41) is 18.7. The molecule has 6 heteroatoms. The van der Waals surface area contributed by atoms with Gasteiger partial charge in [0, 0.05) is 22.6 Å². The summed E-state index contributed by atoms with van der Waals surface area (Å²) in [5.41, 5.74) is 1.45. The lowest BCUT2D eigenvalue weighted by Crippen LogP contribution is -2.09. The van der Waals surface area contributed by atoms with Crippen molar-refractivity contribution in [1.82, 2.24) is 10.2 Å². The second-order valence-electron chi connectivity index (χ2n) is 6.83. The van der Waals surface area contributed by atoms with Crippen molar-refractivity contribution in [3.8, 4) is 11.3 Å². The molecular weight excluding hydrogens is 366 g/mol. The molecule has 4 rings (SSSR count). The van der Waals surface area contributed by atoms with Crippen molar-refractivity contribution in [3.05, 3.63) is 68.5 Å². The summed E-state index contributed by atoms with van der Waals surface area (Å²) in [6, 6.07) is 11.9. The first-order chi connectivity index (χ1) is 14.1. The maximum Gasteiger partial charge on any atom is 0.272 e. The van der Waals surface area contributed by atoms with E-state index in [-0.39, 0.29) is 11.2 Å². The number of hydrogen-bond acceptors (Lipinski definition) is 4. The first-order valence-corrected chi connectivity index (χ1v) is 10.3. The molecule has 1 aliphatic carbocycles. The summed E-state index contributed by atoms with van der Waals surface area (Å²) in [4.78, 5) is 22.4. The number of H-pyrrole nitrogens is 1. The highest BCUT2D eigenvalue weighted by Crippen LogP contribution is 2.29. The van der Waals surface area contributed by atoms with E-state index in [1.54, 1.807) is 43.3 Å². The van der Waals surface area contributed by atoms with Crippen LogP contribution in [-0.2, 0) is 0 Å². The third-order valence-corrected chi connectivity index (χ3v) is 4.88. The summed E-state index contributed by atoms with van der Waals surface area (Å²) < 4.78 is 0. The van der Waals surface area contributed by atoms with Gasteiger partial charge < -0.3 is 0 Å². The molecule has 1 aromatic heterocycles. The quantitative estimate of drug-likeness (QED) is 0.415. The van der Waals surface area contributed by atoms with Crippen molar-refractivity contribution in [2.24, 2.45) is 0 Å². The van der Waals surface area contributed by atoms with Crippen LogP contribution in [0.15, 0.2) is 47.3 Å². The topological polar surface area (TPSA) is 88.9 Å². The van der Waals surface area contributed by atoms with Crippen LogP contribution in [-0.4, -0.2) is 15.1 Å². The number of nitrogens with zero attached hydrogens (tertiary/aromatic N) is 2. The Hall–Kier alpha value is -3.02. The SMILES string of the molecule is C1CCCCC1.CC.Cc1ccc(-c2n[nH]c(=O)c3ccccc23)cc1[N+](=O)[O-]. The van der Waals surface area contributed by atoms with Crippen LogP contribution in [0.5, 0.6) is 0 Å². The highest BCUT2D eigenvalue weighted by molar-refractivity contribution is 5.93. The average molecular weight is 396 g/mol. The first kappa shape index (κ1) is 22.3.